The van der Waals surface area contributed by atoms with E-state index >= 15 is 0 Å². The fraction of sp³-hybridized carbons (Fsp3) is 0.478. The van der Waals surface area contributed by atoms with Gasteiger partial charge in [0.15, 0.2) is 11.5 Å². The lowest BCUT2D eigenvalue weighted by molar-refractivity contribution is -0.0595. The standard InChI is InChI=1S/C23H28FNO3/c1-15-10-21(27-2)22(28-3)11-16(15)14-25-19-8-9-20(25)13-23(26,12-19)17-4-6-18(24)7-5-17/h4-7,10-11,19-20,26H,8-9,12-14H2,1-3H3/t19-,20-/m1/s1. The van der Waals surface area contributed by atoms with Crippen LogP contribution in [0.1, 0.15) is 42.4 Å². The molecule has 2 bridgehead atoms. The molecule has 2 aliphatic rings. The van der Waals surface area contributed by atoms with Crippen LogP contribution in [0, 0.1) is 12.7 Å². The monoisotopic (exact) mass is 385 g/mol. The van der Waals surface area contributed by atoms with Crippen molar-refractivity contribution < 1.29 is 19.0 Å². The lowest BCUT2D eigenvalue weighted by atomic mass is 9.80. The minimum absolute atomic E-state index is 0.267. The average molecular weight is 385 g/mol. The van der Waals surface area contributed by atoms with E-state index in [-0.39, 0.29) is 5.82 Å². The molecule has 4 rings (SSSR count). The fourth-order valence-corrected chi connectivity index (χ4v) is 4.96. The van der Waals surface area contributed by atoms with Gasteiger partial charge in [-0.15, -0.1) is 0 Å². The molecule has 2 aliphatic heterocycles. The van der Waals surface area contributed by atoms with Gasteiger partial charge in [-0.1, -0.05) is 12.1 Å². The first-order valence-corrected chi connectivity index (χ1v) is 9.89. The van der Waals surface area contributed by atoms with Crippen molar-refractivity contribution in [3.63, 3.8) is 0 Å². The molecule has 0 aromatic heterocycles. The number of piperidine rings is 1. The SMILES string of the molecule is COc1cc(C)c(CN2[C@@H]3CC[C@@H]2CC(O)(c2ccc(F)cc2)C3)cc1OC. The zero-order valence-corrected chi connectivity index (χ0v) is 16.7. The van der Waals surface area contributed by atoms with Crippen molar-refractivity contribution in [3.8, 4) is 11.5 Å². The summed E-state index contributed by atoms with van der Waals surface area (Å²) in [6.07, 6.45) is 3.53. The van der Waals surface area contributed by atoms with Crippen LogP contribution in [0.15, 0.2) is 36.4 Å². The van der Waals surface area contributed by atoms with Gasteiger partial charge in [0.1, 0.15) is 5.82 Å². The summed E-state index contributed by atoms with van der Waals surface area (Å²) in [6, 6.07) is 11.1. The molecule has 28 heavy (non-hydrogen) atoms. The summed E-state index contributed by atoms with van der Waals surface area (Å²) < 4.78 is 24.2. The number of hydrogen-bond acceptors (Lipinski definition) is 4. The zero-order chi connectivity index (χ0) is 19.9. The third-order valence-electron chi connectivity index (χ3n) is 6.49. The number of aryl methyl sites for hydroxylation is 1. The van der Waals surface area contributed by atoms with Crippen LogP contribution < -0.4 is 9.47 Å². The molecule has 0 aliphatic carbocycles. The molecule has 2 aromatic carbocycles. The maximum absolute atomic E-state index is 13.3. The van der Waals surface area contributed by atoms with Gasteiger partial charge in [0.2, 0.25) is 0 Å². The van der Waals surface area contributed by atoms with Crippen molar-refractivity contribution in [2.24, 2.45) is 0 Å². The summed E-state index contributed by atoms with van der Waals surface area (Å²) in [7, 11) is 3.31. The number of fused-ring (bicyclic) bond motifs is 2. The summed E-state index contributed by atoms with van der Waals surface area (Å²) in [6.45, 7) is 2.93. The molecule has 2 aromatic rings. The van der Waals surface area contributed by atoms with E-state index in [4.69, 9.17) is 9.47 Å². The Balaban J connectivity index is 1.55. The maximum atomic E-state index is 13.3. The van der Waals surface area contributed by atoms with E-state index < -0.39 is 5.60 Å². The number of halogens is 1. The van der Waals surface area contributed by atoms with Gasteiger partial charge in [0.05, 0.1) is 19.8 Å². The molecule has 2 saturated heterocycles. The molecule has 2 fully saturated rings. The largest absolute Gasteiger partial charge is 0.493 e. The Morgan fingerprint density at radius 1 is 1.04 bits per heavy atom. The number of aliphatic hydroxyl groups is 1. The highest BCUT2D eigenvalue weighted by molar-refractivity contribution is 5.47. The first kappa shape index (κ1) is 19.2. The zero-order valence-electron chi connectivity index (χ0n) is 16.7. The van der Waals surface area contributed by atoms with Crippen LogP contribution in [0.5, 0.6) is 11.5 Å². The van der Waals surface area contributed by atoms with Crippen molar-refractivity contribution in [3.05, 3.63) is 58.9 Å². The lowest BCUT2D eigenvalue weighted by Crippen LogP contribution is -2.49. The van der Waals surface area contributed by atoms with Gasteiger partial charge in [-0.3, -0.25) is 4.90 Å². The van der Waals surface area contributed by atoms with Crippen LogP contribution in [0.4, 0.5) is 4.39 Å². The van der Waals surface area contributed by atoms with E-state index in [1.165, 1.54) is 23.3 Å². The summed E-state index contributed by atoms with van der Waals surface area (Å²) in [4.78, 5) is 2.52. The Labute approximate surface area is 165 Å². The van der Waals surface area contributed by atoms with Gasteiger partial charge in [-0.2, -0.15) is 0 Å². The molecule has 2 heterocycles. The van der Waals surface area contributed by atoms with Crippen LogP contribution in [-0.4, -0.2) is 36.3 Å². The van der Waals surface area contributed by atoms with E-state index in [0.29, 0.717) is 24.9 Å². The van der Waals surface area contributed by atoms with Crippen molar-refractivity contribution in [2.45, 2.75) is 56.8 Å². The Hall–Kier alpha value is -2.11. The molecule has 0 radical (unpaired) electrons. The molecule has 0 amide bonds. The molecule has 4 nitrogen and oxygen atoms in total. The molecule has 0 saturated carbocycles. The highest BCUT2D eigenvalue weighted by atomic mass is 19.1. The average Bonchev–Trinajstić information content (AvgIpc) is 2.93. The van der Waals surface area contributed by atoms with Gasteiger partial charge in [-0.05, 0) is 73.6 Å². The van der Waals surface area contributed by atoms with Gasteiger partial charge in [0.25, 0.3) is 0 Å². The smallest absolute Gasteiger partial charge is 0.161 e. The quantitative estimate of drug-likeness (QED) is 0.839. The Morgan fingerprint density at radius 3 is 2.18 bits per heavy atom. The predicted octanol–water partition coefficient (Wildman–Crippen LogP) is 4.17. The van der Waals surface area contributed by atoms with Crippen LogP contribution in [0.25, 0.3) is 0 Å². The number of nitrogens with zero attached hydrogens (tertiary/aromatic N) is 1. The first-order valence-electron chi connectivity index (χ1n) is 9.89. The van der Waals surface area contributed by atoms with E-state index in [2.05, 4.69) is 17.9 Å². The van der Waals surface area contributed by atoms with Crippen LogP contribution >= 0.6 is 0 Å². The van der Waals surface area contributed by atoms with Crippen LogP contribution in [0.3, 0.4) is 0 Å². The third kappa shape index (κ3) is 3.38. The van der Waals surface area contributed by atoms with Crippen LogP contribution in [-0.2, 0) is 12.1 Å². The van der Waals surface area contributed by atoms with Crippen molar-refractivity contribution >= 4 is 0 Å². The highest BCUT2D eigenvalue weighted by Crippen LogP contribution is 2.46. The first-order chi connectivity index (χ1) is 13.4. The molecular weight excluding hydrogens is 357 g/mol. The van der Waals surface area contributed by atoms with Crippen molar-refractivity contribution in [2.75, 3.05) is 14.2 Å². The predicted molar refractivity (Wildman–Crippen MR) is 106 cm³/mol. The molecular formula is C23H28FNO3. The van der Waals surface area contributed by atoms with Gasteiger partial charge >= 0.3 is 0 Å². The number of rotatable bonds is 5. The molecule has 5 heteroatoms. The maximum Gasteiger partial charge on any atom is 0.161 e. The lowest BCUT2D eigenvalue weighted by Gasteiger charge is -2.44. The minimum atomic E-state index is -0.872. The topological polar surface area (TPSA) is 41.9 Å². The summed E-state index contributed by atoms with van der Waals surface area (Å²) in [5.41, 5.74) is 2.36. The van der Waals surface area contributed by atoms with E-state index in [0.717, 1.165) is 36.4 Å². The molecule has 2 atom stereocenters. The van der Waals surface area contributed by atoms with Gasteiger partial charge in [-0.25, -0.2) is 4.39 Å². The van der Waals surface area contributed by atoms with Crippen molar-refractivity contribution in [1.29, 1.82) is 0 Å². The molecule has 0 spiro atoms. The van der Waals surface area contributed by atoms with Gasteiger partial charge < -0.3 is 14.6 Å². The van der Waals surface area contributed by atoms with Gasteiger partial charge in [0, 0.05) is 18.6 Å². The molecule has 1 N–H and O–H groups in total. The summed E-state index contributed by atoms with van der Waals surface area (Å²) in [5.74, 6) is 1.23. The molecule has 0 unspecified atom stereocenters. The number of hydrogen-bond donors (Lipinski definition) is 1. The van der Waals surface area contributed by atoms with E-state index in [9.17, 15) is 9.50 Å². The second kappa shape index (κ2) is 7.37. The Morgan fingerprint density at radius 2 is 1.61 bits per heavy atom. The second-order valence-corrected chi connectivity index (χ2v) is 8.14. The number of ether oxygens (including phenoxy) is 2. The third-order valence-corrected chi connectivity index (χ3v) is 6.49. The van der Waals surface area contributed by atoms with E-state index in [1.807, 2.05) is 6.07 Å². The number of methoxy groups -OCH3 is 2. The Bertz CT molecular complexity index is 838. The Kier molecular flexibility index (Phi) is 5.06. The number of benzene rings is 2. The molecule has 150 valence electrons. The summed E-state index contributed by atoms with van der Waals surface area (Å²) >= 11 is 0. The normalized spacial score (nSPS) is 27.0. The second-order valence-electron chi connectivity index (χ2n) is 8.14. The van der Waals surface area contributed by atoms with Crippen molar-refractivity contribution in [1.82, 2.24) is 4.90 Å². The summed E-state index contributed by atoms with van der Waals surface area (Å²) in [5, 5.41) is 11.3. The minimum Gasteiger partial charge on any atom is -0.493 e. The highest BCUT2D eigenvalue weighted by Gasteiger charge is 2.48. The van der Waals surface area contributed by atoms with Crippen LogP contribution in [0.2, 0.25) is 0 Å². The fourth-order valence-electron chi connectivity index (χ4n) is 4.96. The van der Waals surface area contributed by atoms with E-state index in [1.54, 1.807) is 26.4 Å².